The highest BCUT2D eigenvalue weighted by atomic mass is 32.2. The van der Waals surface area contributed by atoms with Gasteiger partial charge in [-0.15, -0.1) is 0 Å². The minimum atomic E-state index is -3.84. The highest BCUT2D eigenvalue weighted by molar-refractivity contribution is 7.89. The molecule has 3 aromatic rings. The quantitative estimate of drug-likeness (QED) is 0.352. The number of hydrogen-bond donors (Lipinski definition) is 1. The van der Waals surface area contributed by atoms with Crippen molar-refractivity contribution < 1.29 is 18.1 Å². The summed E-state index contributed by atoms with van der Waals surface area (Å²) < 4.78 is 25.7. The molecule has 0 saturated heterocycles. The average molecular weight is 447 g/mol. The second-order valence-electron chi connectivity index (χ2n) is 6.35. The van der Waals surface area contributed by atoms with E-state index in [1.807, 2.05) is 11.5 Å². The molecule has 0 aliphatic heterocycles. The van der Waals surface area contributed by atoms with Gasteiger partial charge in [0.2, 0.25) is 10.0 Å². The summed E-state index contributed by atoms with van der Waals surface area (Å²) in [6, 6.07) is 10.4. The summed E-state index contributed by atoms with van der Waals surface area (Å²) in [5, 5.41) is 16.0. The Morgan fingerprint density at radius 2 is 2.07 bits per heavy atom. The van der Waals surface area contributed by atoms with E-state index in [4.69, 9.17) is 5.14 Å². The maximum atomic E-state index is 12.4. The van der Waals surface area contributed by atoms with E-state index >= 15 is 0 Å². The minimum Gasteiger partial charge on any atom is -0.316 e. The summed E-state index contributed by atoms with van der Waals surface area (Å²) in [6.07, 6.45) is 3.47. The van der Waals surface area contributed by atoms with Crippen molar-refractivity contribution in [3.8, 4) is 0 Å². The Bertz CT molecular complexity index is 1340. The summed E-state index contributed by atoms with van der Waals surface area (Å²) in [4.78, 5) is 27.2. The molecule has 1 amide bonds. The van der Waals surface area contributed by atoms with Gasteiger partial charge in [-0.1, -0.05) is 30.4 Å². The first-order valence-corrected chi connectivity index (χ1v) is 11.2. The van der Waals surface area contributed by atoms with Crippen molar-refractivity contribution in [1.82, 2.24) is 4.57 Å². The van der Waals surface area contributed by atoms with Gasteiger partial charge in [0.05, 0.1) is 20.0 Å². The number of nitro groups is 1. The van der Waals surface area contributed by atoms with Gasteiger partial charge in [0.25, 0.3) is 11.6 Å². The number of amides is 1. The van der Waals surface area contributed by atoms with E-state index in [1.165, 1.54) is 53.8 Å². The van der Waals surface area contributed by atoms with E-state index in [0.717, 1.165) is 11.9 Å². The van der Waals surface area contributed by atoms with Crippen LogP contribution in [0, 0.1) is 10.1 Å². The highest BCUT2D eigenvalue weighted by Crippen LogP contribution is 2.21. The Kier molecular flexibility index (Phi) is 6.25. The number of hydrogen-bond acceptors (Lipinski definition) is 6. The van der Waals surface area contributed by atoms with Crippen LogP contribution in [0.5, 0.6) is 0 Å². The fraction of sp³-hybridized carbons (Fsp3) is 0.158. The highest BCUT2D eigenvalue weighted by Gasteiger charge is 2.12. The van der Waals surface area contributed by atoms with Crippen molar-refractivity contribution in [2.24, 2.45) is 10.1 Å². The molecule has 1 aromatic heterocycles. The Hall–Kier alpha value is -3.15. The van der Waals surface area contributed by atoms with E-state index in [9.17, 15) is 23.3 Å². The van der Waals surface area contributed by atoms with Gasteiger partial charge in [0, 0.05) is 24.8 Å². The number of nitrogens with two attached hydrogens (primary N) is 1. The lowest BCUT2D eigenvalue weighted by molar-refractivity contribution is -0.384. The second-order valence-corrected chi connectivity index (χ2v) is 8.92. The molecule has 0 aliphatic rings. The van der Waals surface area contributed by atoms with Gasteiger partial charge in [-0.3, -0.25) is 14.9 Å². The molecule has 2 N–H and O–H groups in total. The molecule has 0 atom stereocenters. The monoisotopic (exact) mass is 446 g/mol. The third kappa shape index (κ3) is 4.87. The van der Waals surface area contributed by atoms with Crippen LogP contribution in [0.2, 0.25) is 0 Å². The van der Waals surface area contributed by atoms with Gasteiger partial charge in [-0.25, -0.2) is 13.6 Å². The predicted molar refractivity (Wildman–Crippen MR) is 114 cm³/mol. The molecule has 0 radical (unpaired) electrons. The number of aromatic nitrogens is 1. The van der Waals surface area contributed by atoms with Crippen LogP contribution in [0.25, 0.3) is 16.3 Å². The normalized spacial score (nSPS) is 12.7. The predicted octanol–water partition coefficient (Wildman–Crippen LogP) is 2.81. The molecule has 0 saturated carbocycles. The van der Waals surface area contributed by atoms with Crippen LogP contribution >= 0.6 is 11.3 Å². The maximum absolute atomic E-state index is 12.4. The summed E-state index contributed by atoms with van der Waals surface area (Å²) in [6.45, 7) is 2.57. The summed E-state index contributed by atoms with van der Waals surface area (Å²) >= 11 is 1.18. The Morgan fingerprint density at radius 1 is 1.30 bits per heavy atom. The zero-order valence-electron chi connectivity index (χ0n) is 15.9. The molecule has 1 heterocycles. The minimum absolute atomic E-state index is 0.0108. The summed E-state index contributed by atoms with van der Waals surface area (Å²) in [5.74, 6) is -0.537. The number of carbonyl (C=O) groups excluding carboxylic acids is 1. The van der Waals surface area contributed by atoms with E-state index in [0.29, 0.717) is 21.6 Å². The zero-order valence-corrected chi connectivity index (χ0v) is 17.5. The van der Waals surface area contributed by atoms with Gasteiger partial charge in [0.15, 0.2) is 4.80 Å². The number of benzene rings is 2. The molecule has 0 aliphatic carbocycles. The number of nitrogens with zero attached hydrogens (tertiary/aromatic N) is 3. The smallest absolute Gasteiger partial charge is 0.272 e. The number of carbonyl (C=O) groups is 1. The third-order valence-corrected chi connectivity index (χ3v) is 6.09. The number of fused-ring (bicyclic) bond motifs is 1. The van der Waals surface area contributed by atoms with Gasteiger partial charge >= 0.3 is 0 Å². The van der Waals surface area contributed by atoms with Crippen LogP contribution in [0.1, 0.15) is 18.9 Å². The van der Waals surface area contributed by atoms with Crippen molar-refractivity contribution in [3.05, 3.63) is 69.0 Å². The fourth-order valence-corrected chi connectivity index (χ4v) is 4.51. The van der Waals surface area contributed by atoms with Gasteiger partial charge in [0.1, 0.15) is 0 Å². The van der Waals surface area contributed by atoms with Crippen molar-refractivity contribution in [2.45, 2.75) is 24.8 Å². The lowest BCUT2D eigenvalue weighted by Gasteiger charge is -2.03. The van der Waals surface area contributed by atoms with Crippen LogP contribution < -0.4 is 9.94 Å². The van der Waals surface area contributed by atoms with Crippen LogP contribution in [0.4, 0.5) is 5.69 Å². The largest absolute Gasteiger partial charge is 0.316 e. The topological polar surface area (TPSA) is 138 Å². The van der Waals surface area contributed by atoms with Crippen molar-refractivity contribution in [2.75, 3.05) is 0 Å². The summed E-state index contributed by atoms with van der Waals surface area (Å²) in [5.41, 5.74) is 1.18. The fourth-order valence-electron chi connectivity index (χ4n) is 2.80. The van der Waals surface area contributed by atoms with Gasteiger partial charge in [-0.05, 0) is 36.3 Å². The van der Waals surface area contributed by atoms with Crippen LogP contribution in [0.3, 0.4) is 0 Å². The average Bonchev–Trinajstić information content (AvgIpc) is 3.02. The Labute approximate surface area is 176 Å². The molecule has 3 rings (SSSR count). The second kappa shape index (κ2) is 8.69. The number of aryl methyl sites for hydroxylation is 1. The van der Waals surface area contributed by atoms with E-state index < -0.39 is 20.9 Å². The van der Waals surface area contributed by atoms with Crippen molar-refractivity contribution >= 4 is 49.2 Å². The van der Waals surface area contributed by atoms with E-state index in [-0.39, 0.29) is 10.6 Å². The number of rotatable bonds is 6. The zero-order chi connectivity index (χ0) is 21.9. The molecule has 11 heteroatoms. The Morgan fingerprint density at radius 3 is 2.73 bits per heavy atom. The summed E-state index contributed by atoms with van der Waals surface area (Å²) in [7, 11) is -3.84. The lowest BCUT2D eigenvalue weighted by atomic mass is 10.2. The van der Waals surface area contributed by atoms with Crippen LogP contribution in [-0.4, -0.2) is 23.8 Å². The molecule has 0 spiro atoms. The van der Waals surface area contributed by atoms with E-state index in [1.54, 1.807) is 12.1 Å². The number of non-ortho nitro benzene ring substituents is 1. The first-order chi connectivity index (χ1) is 14.2. The molecule has 2 aromatic carbocycles. The van der Waals surface area contributed by atoms with Crippen molar-refractivity contribution in [3.63, 3.8) is 0 Å². The molecule has 9 nitrogen and oxygen atoms in total. The number of nitro benzene ring substituents is 1. The van der Waals surface area contributed by atoms with Crippen LogP contribution in [0.15, 0.2) is 58.4 Å². The lowest BCUT2D eigenvalue weighted by Crippen LogP contribution is -2.16. The number of sulfonamides is 1. The molecule has 0 unspecified atom stereocenters. The first-order valence-electron chi connectivity index (χ1n) is 8.86. The van der Waals surface area contributed by atoms with E-state index in [2.05, 4.69) is 4.99 Å². The van der Waals surface area contributed by atoms with Crippen molar-refractivity contribution in [1.29, 1.82) is 0 Å². The first kappa shape index (κ1) is 21.6. The van der Waals surface area contributed by atoms with Gasteiger partial charge < -0.3 is 4.57 Å². The third-order valence-electron chi connectivity index (χ3n) is 4.14. The SMILES string of the molecule is CCCn1c(=NC(=O)/C=C/c2cccc([N+](=O)[O-])c2)sc2cc(S(N)(=O)=O)ccc21. The number of primary sulfonamides is 1. The molecular formula is C19H18N4O5S2. The molecule has 0 fully saturated rings. The molecule has 30 heavy (non-hydrogen) atoms. The molecule has 0 bridgehead atoms. The van der Waals surface area contributed by atoms with Gasteiger partial charge in [-0.2, -0.15) is 4.99 Å². The molecule has 156 valence electrons. The standard InChI is InChI=1S/C19H18N4O5S2/c1-2-10-22-16-8-7-15(30(20,27)28)12-17(16)29-19(22)21-18(24)9-6-13-4-3-5-14(11-13)23(25)26/h3-9,11-12H,2,10H2,1H3,(H2,20,27,28)/b9-6+,21-19?. The Balaban J connectivity index is 1.99. The maximum Gasteiger partial charge on any atom is 0.272 e. The van der Waals surface area contributed by atoms with Crippen LogP contribution in [-0.2, 0) is 21.4 Å². The molecular weight excluding hydrogens is 428 g/mol. The number of thiazole rings is 1.